The number of carboxylic acids is 1. The molecule has 1 unspecified atom stereocenters. The zero-order valence-electron chi connectivity index (χ0n) is 9.55. The minimum Gasteiger partial charge on any atom is -0.481 e. The van der Waals surface area contributed by atoms with Crippen molar-refractivity contribution in [2.75, 3.05) is 11.9 Å². The summed E-state index contributed by atoms with van der Waals surface area (Å²) >= 11 is 0. The summed E-state index contributed by atoms with van der Waals surface area (Å²) < 4.78 is 0. The first-order valence-corrected chi connectivity index (χ1v) is 5.29. The molecule has 0 aliphatic carbocycles. The number of anilines is 1. The van der Waals surface area contributed by atoms with Crippen molar-refractivity contribution in [1.29, 1.82) is 5.26 Å². The van der Waals surface area contributed by atoms with Gasteiger partial charge in [0.1, 0.15) is 11.9 Å². The molecule has 0 aliphatic rings. The lowest BCUT2D eigenvalue weighted by Crippen LogP contribution is -2.13. The average Bonchev–Trinajstić information content (AvgIpc) is 2.34. The number of carboxylic acid groups (broad SMARTS) is 1. The largest absolute Gasteiger partial charge is 0.481 e. The Morgan fingerprint density at radius 2 is 2.35 bits per heavy atom. The van der Waals surface area contributed by atoms with Crippen molar-refractivity contribution in [3.63, 3.8) is 0 Å². The molecule has 0 spiro atoms. The van der Waals surface area contributed by atoms with Gasteiger partial charge in [-0.05, 0) is 12.3 Å². The fourth-order valence-electron chi connectivity index (χ4n) is 1.23. The molecule has 0 radical (unpaired) electrons. The Morgan fingerprint density at radius 3 is 2.88 bits per heavy atom. The maximum absolute atomic E-state index is 10.4. The van der Waals surface area contributed by atoms with E-state index in [0.29, 0.717) is 18.8 Å². The van der Waals surface area contributed by atoms with Crippen molar-refractivity contribution >= 4 is 11.8 Å². The number of nitrogens with zero attached hydrogens (tertiary/aromatic N) is 3. The van der Waals surface area contributed by atoms with Crippen LogP contribution in [0.5, 0.6) is 0 Å². The molecule has 0 aromatic carbocycles. The van der Waals surface area contributed by atoms with E-state index < -0.39 is 5.97 Å². The molecule has 6 nitrogen and oxygen atoms in total. The molecule has 2 N–H and O–H groups in total. The lowest BCUT2D eigenvalue weighted by Gasteiger charge is -2.11. The van der Waals surface area contributed by atoms with Gasteiger partial charge in [0.25, 0.3) is 0 Å². The predicted octanol–water partition coefficient (Wildman–Crippen LogP) is 1.26. The SMILES string of the molecule is CC(CCC(=O)O)CNc1cnc(C#N)cn1. The van der Waals surface area contributed by atoms with Crippen LogP contribution in [0.4, 0.5) is 5.82 Å². The first kappa shape index (κ1) is 12.9. The summed E-state index contributed by atoms with van der Waals surface area (Å²) in [6.07, 6.45) is 3.67. The van der Waals surface area contributed by atoms with Gasteiger partial charge in [-0.25, -0.2) is 9.97 Å². The molecule has 0 amide bonds. The van der Waals surface area contributed by atoms with Gasteiger partial charge in [-0.3, -0.25) is 4.79 Å². The van der Waals surface area contributed by atoms with Crippen molar-refractivity contribution in [3.8, 4) is 6.07 Å². The van der Waals surface area contributed by atoms with Crippen LogP contribution in [0.15, 0.2) is 12.4 Å². The van der Waals surface area contributed by atoms with Crippen molar-refractivity contribution in [1.82, 2.24) is 9.97 Å². The highest BCUT2D eigenvalue weighted by molar-refractivity contribution is 5.66. The van der Waals surface area contributed by atoms with Crippen LogP contribution in [0.25, 0.3) is 0 Å². The first-order chi connectivity index (χ1) is 8.11. The van der Waals surface area contributed by atoms with E-state index in [2.05, 4.69) is 15.3 Å². The molecule has 0 saturated heterocycles. The van der Waals surface area contributed by atoms with Gasteiger partial charge < -0.3 is 10.4 Å². The van der Waals surface area contributed by atoms with E-state index in [-0.39, 0.29) is 18.0 Å². The van der Waals surface area contributed by atoms with E-state index in [1.165, 1.54) is 12.4 Å². The van der Waals surface area contributed by atoms with Gasteiger partial charge in [-0.2, -0.15) is 5.26 Å². The molecule has 17 heavy (non-hydrogen) atoms. The highest BCUT2D eigenvalue weighted by Crippen LogP contribution is 2.07. The fourth-order valence-corrected chi connectivity index (χ4v) is 1.23. The van der Waals surface area contributed by atoms with Gasteiger partial charge >= 0.3 is 5.97 Å². The Bertz CT molecular complexity index is 410. The quantitative estimate of drug-likeness (QED) is 0.768. The maximum Gasteiger partial charge on any atom is 0.303 e. The van der Waals surface area contributed by atoms with Gasteiger partial charge in [0.15, 0.2) is 5.69 Å². The molecule has 1 aromatic rings. The average molecular weight is 234 g/mol. The summed E-state index contributed by atoms with van der Waals surface area (Å²) in [7, 11) is 0. The Labute approximate surface area is 99.3 Å². The first-order valence-electron chi connectivity index (χ1n) is 5.29. The monoisotopic (exact) mass is 234 g/mol. The summed E-state index contributed by atoms with van der Waals surface area (Å²) in [5.74, 6) is 0.0460. The van der Waals surface area contributed by atoms with E-state index in [1.54, 1.807) is 0 Å². The minimum atomic E-state index is -0.782. The normalized spacial score (nSPS) is 11.5. The Balaban J connectivity index is 2.34. The van der Waals surface area contributed by atoms with Gasteiger partial charge in [0.05, 0.1) is 12.4 Å². The standard InChI is InChI=1S/C11H14N4O2/c1-8(2-3-11(16)17)5-14-10-7-13-9(4-12)6-15-10/h6-8H,2-3,5H2,1H3,(H,14,15)(H,16,17). The van der Waals surface area contributed by atoms with E-state index in [0.717, 1.165) is 0 Å². The van der Waals surface area contributed by atoms with E-state index in [1.807, 2.05) is 13.0 Å². The maximum atomic E-state index is 10.4. The molecule has 0 bridgehead atoms. The molecule has 0 aliphatic heterocycles. The zero-order valence-corrected chi connectivity index (χ0v) is 9.55. The lowest BCUT2D eigenvalue weighted by molar-refractivity contribution is -0.137. The molecule has 1 aromatic heterocycles. The third kappa shape index (κ3) is 4.93. The summed E-state index contributed by atoms with van der Waals surface area (Å²) in [6, 6.07) is 1.89. The highest BCUT2D eigenvalue weighted by Gasteiger charge is 2.05. The zero-order chi connectivity index (χ0) is 12.7. The van der Waals surface area contributed by atoms with Crippen molar-refractivity contribution in [3.05, 3.63) is 18.1 Å². The smallest absolute Gasteiger partial charge is 0.303 e. The molecular formula is C11H14N4O2. The van der Waals surface area contributed by atoms with Gasteiger partial charge in [-0.1, -0.05) is 6.92 Å². The number of aromatic nitrogens is 2. The summed E-state index contributed by atoms with van der Waals surface area (Å²) in [5.41, 5.74) is 0.273. The molecule has 0 saturated carbocycles. The molecule has 1 rings (SSSR count). The van der Waals surface area contributed by atoms with Crippen LogP contribution >= 0.6 is 0 Å². The highest BCUT2D eigenvalue weighted by atomic mass is 16.4. The van der Waals surface area contributed by atoms with Crippen LogP contribution in [-0.4, -0.2) is 27.6 Å². The number of nitrogens with one attached hydrogen (secondary N) is 1. The fraction of sp³-hybridized carbons (Fsp3) is 0.455. The predicted molar refractivity (Wildman–Crippen MR) is 61.3 cm³/mol. The molecule has 1 atom stereocenters. The minimum absolute atomic E-state index is 0.169. The topological polar surface area (TPSA) is 98.9 Å². The Morgan fingerprint density at radius 1 is 1.59 bits per heavy atom. The van der Waals surface area contributed by atoms with Crippen molar-refractivity contribution in [2.45, 2.75) is 19.8 Å². The second kappa shape index (κ2) is 6.43. The molecule has 6 heteroatoms. The Hall–Kier alpha value is -2.16. The van der Waals surface area contributed by atoms with Crippen LogP contribution in [0.3, 0.4) is 0 Å². The van der Waals surface area contributed by atoms with Crippen molar-refractivity contribution < 1.29 is 9.90 Å². The van der Waals surface area contributed by atoms with Gasteiger partial charge in [0.2, 0.25) is 0 Å². The number of nitriles is 1. The summed E-state index contributed by atoms with van der Waals surface area (Å²) in [5, 5.41) is 20.1. The second-order valence-corrected chi connectivity index (χ2v) is 3.82. The summed E-state index contributed by atoms with van der Waals surface area (Å²) in [4.78, 5) is 18.2. The van der Waals surface area contributed by atoms with Crippen LogP contribution in [-0.2, 0) is 4.79 Å². The van der Waals surface area contributed by atoms with Crippen LogP contribution in [0.1, 0.15) is 25.5 Å². The number of rotatable bonds is 6. The molecule has 90 valence electrons. The Kier molecular flexibility index (Phi) is 4.88. The van der Waals surface area contributed by atoms with E-state index in [9.17, 15) is 4.79 Å². The summed E-state index contributed by atoms with van der Waals surface area (Å²) in [6.45, 7) is 2.60. The number of carbonyl (C=O) groups is 1. The molecule has 0 fully saturated rings. The molecule has 1 heterocycles. The van der Waals surface area contributed by atoms with Gasteiger partial charge in [0, 0.05) is 13.0 Å². The van der Waals surface area contributed by atoms with Crippen LogP contribution in [0.2, 0.25) is 0 Å². The van der Waals surface area contributed by atoms with Crippen LogP contribution < -0.4 is 5.32 Å². The number of hydrogen-bond donors (Lipinski definition) is 2. The third-order valence-corrected chi connectivity index (χ3v) is 2.25. The third-order valence-electron chi connectivity index (χ3n) is 2.25. The van der Waals surface area contributed by atoms with E-state index >= 15 is 0 Å². The van der Waals surface area contributed by atoms with E-state index in [4.69, 9.17) is 10.4 Å². The number of aliphatic carboxylic acids is 1. The number of hydrogen-bond acceptors (Lipinski definition) is 5. The lowest BCUT2D eigenvalue weighted by atomic mass is 10.1. The molecular weight excluding hydrogens is 220 g/mol. The van der Waals surface area contributed by atoms with Crippen molar-refractivity contribution in [2.24, 2.45) is 5.92 Å². The van der Waals surface area contributed by atoms with Gasteiger partial charge in [-0.15, -0.1) is 0 Å². The van der Waals surface area contributed by atoms with Crippen LogP contribution in [0, 0.1) is 17.2 Å². The second-order valence-electron chi connectivity index (χ2n) is 3.82.